The van der Waals surface area contributed by atoms with Gasteiger partial charge in [0.05, 0.1) is 5.69 Å². The molecule has 0 spiro atoms. The van der Waals surface area contributed by atoms with E-state index in [0.717, 1.165) is 28.1 Å². The number of hydrogen-bond acceptors (Lipinski definition) is 3. The van der Waals surface area contributed by atoms with Gasteiger partial charge in [-0.05, 0) is 48.1 Å². The van der Waals surface area contributed by atoms with Gasteiger partial charge in [0.1, 0.15) is 0 Å². The molecule has 1 unspecified atom stereocenters. The number of para-hydroxylation sites is 1. The number of benzene rings is 3. The number of rotatable bonds is 8. The molecule has 0 radical (unpaired) electrons. The Labute approximate surface area is 184 Å². The first-order chi connectivity index (χ1) is 15.0. The molecule has 0 saturated heterocycles. The van der Waals surface area contributed by atoms with Crippen LogP contribution >= 0.6 is 0 Å². The maximum Gasteiger partial charge on any atom is 0.246 e. The van der Waals surface area contributed by atoms with E-state index in [4.69, 9.17) is 4.99 Å². The van der Waals surface area contributed by atoms with Crippen LogP contribution in [0.4, 0.5) is 5.69 Å². The zero-order valence-corrected chi connectivity index (χ0v) is 18.4. The Morgan fingerprint density at radius 1 is 0.903 bits per heavy atom. The van der Waals surface area contributed by atoms with Crippen molar-refractivity contribution in [2.24, 2.45) is 16.8 Å². The Balaban J connectivity index is 1.95. The van der Waals surface area contributed by atoms with Gasteiger partial charge in [0, 0.05) is 18.1 Å². The normalized spacial score (nSPS) is 12.6. The fraction of sp³-hybridized carbons (Fsp3) is 0.259. The van der Waals surface area contributed by atoms with Gasteiger partial charge < -0.3 is 0 Å². The van der Waals surface area contributed by atoms with Crippen LogP contribution < -0.4 is 5.48 Å². The molecule has 3 rings (SSSR count). The summed E-state index contributed by atoms with van der Waals surface area (Å²) in [4.78, 5) is 17.2. The van der Waals surface area contributed by atoms with Crippen LogP contribution in [0, 0.1) is 18.8 Å². The zero-order valence-electron chi connectivity index (χ0n) is 18.4. The summed E-state index contributed by atoms with van der Waals surface area (Å²) in [7, 11) is 0. The van der Waals surface area contributed by atoms with Crippen molar-refractivity contribution in [2.45, 2.75) is 33.6 Å². The quantitative estimate of drug-likeness (QED) is 0.257. The number of aliphatic imine (C=N–C) groups is 1. The average molecular weight is 415 g/mol. The van der Waals surface area contributed by atoms with Gasteiger partial charge in [0.15, 0.2) is 0 Å². The van der Waals surface area contributed by atoms with Gasteiger partial charge in [0.2, 0.25) is 5.91 Å². The monoisotopic (exact) mass is 414 g/mol. The lowest BCUT2D eigenvalue weighted by molar-refractivity contribution is -0.133. The standard InChI is InChI=1S/C27H30N2O2/c1-19(2)17-24(27(30)29-31)18-26(28-25-7-5-4-6-8-25)23-15-13-22(14-16-23)21-11-9-20(3)10-12-21/h4-16,19,24,31H,17-18H2,1-3H3,(H,29,30). The molecule has 0 aliphatic rings. The lowest BCUT2D eigenvalue weighted by Crippen LogP contribution is -2.30. The summed E-state index contributed by atoms with van der Waals surface area (Å²) in [5.41, 5.74) is 8.00. The summed E-state index contributed by atoms with van der Waals surface area (Å²) >= 11 is 0. The van der Waals surface area contributed by atoms with Crippen LogP contribution in [0.1, 0.15) is 37.8 Å². The van der Waals surface area contributed by atoms with E-state index in [2.05, 4.69) is 69.3 Å². The van der Waals surface area contributed by atoms with Crippen molar-refractivity contribution in [1.29, 1.82) is 0 Å². The topological polar surface area (TPSA) is 61.7 Å². The molecule has 4 nitrogen and oxygen atoms in total. The molecule has 0 aliphatic carbocycles. The van der Waals surface area contributed by atoms with Crippen LogP contribution in [0.5, 0.6) is 0 Å². The molecule has 0 bridgehead atoms. The molecule has 0 aromatic heterocycles. The Hall–Kier alpha value is -3.24. The molecule has 0 aliphatic heterocycles. The van der Waals surface area contributed by atoms with Gasteiger partial charge in [-0.2, -0.15) is 0 Å². The zero-order chi connectivity index (χ0) is 22.2. The van der Waals surface area contributed by atoms with E-state index >= 15 is 0 Å². The van der Waals surface area contributed by atoms with Gasteiger partial charge >= 0.3 is 0 Å². The minimum absolute atomic E-state index is 0.323. The minimum Gasteiger partial charge on any atom is -0.289 e. The van der Waals surface area contributed by atoms with Crippen molar-refractivity contribution >= 4 is 17.3 Å². The Bertz CT molecular complexity index is 1010. The van der Waals surface area contributed by atoms with Crippen molar-refractivity contribution in [1.82, 2.24) is 5.48 Å². The predicted molar refractivity (Wildman–Crippen MR) is 127 cm³/mol. The molecule has 0 saturated carbocycles. The number of hydroxylamine groups is 1. The van der Waals surface area contributed by atoms with E-state index in [-0.39, 0.29) is 11.8 Å². The number of nitrogens with one attached hydrogen (secondary N) is 1. The second-order valence-corrected chi connectivity index (χ2v) is 8.34. The summed E-state index contributed by atoms with van der Waals surface area (Å²) in [6.07, 6.45) is 1.12. The van der Waals surface area contributed by atoms with Crippen molar-refractivity contribution in [3.8, 4) is 11.1 Å². The van der Waals surface area contributed by atoms with Crippen LogP contribution in [0.15, 0.2) is 83.9 Å². The third-order valence-corrected chi connectivity index (χ3v) is 5.30. The second-order valence-electron chi connectivity index (χ2n) is 8.34. The molecule has 0 fully saturated rings. The first-order valence-corrected chi connectivity index (χ1v) is 10.7. The van der Waals surface area contributed by atoms with Crippen molar-refractivity contribution < 1.29 is 10.0 Å². The van der Waals surface area contributed by atoms with Gasteiger partial charge in [0.25, 0.3) is 0 Å². The molecule has 1 atom stereocenters. The van der Waals surface area contributed by atoms with Crippen molar-refractivity contribution in [3.63, 3.8) is 0 Å². The highest BCUT2D eigenvalue weighted by molar-refractivity contribution is 6.04. The largest absolute Gasteiger partial charge is 0.289 e. The highest BCUT2D eigenvalue weighted by atomic mass is 16.5. The van der Waals surface area contributed by atoms with E-state index in [1.807, 2.05) is 35.8 Å². The molecular weight excluding hydrogens is 384 g/mol. The molecule has 31 heavy (non-hydrogen) atoms. The van der Waals surface area contributed by atoms with E-state index in [1.165, 1.54) is 5.56 Å². The van der Waals surface area contributed by atoms with Crippen molar-refractivity contribution in [2.75, 3.05) is 0 Å². The number of nitrogens with zero attached hydrogens (tertiary/aromatic N) is 1. The maximum atomic E-state index is 12.3. The summed E-state index contributed by atoms with van der Waals surface area (Å²) in [5, 5.41) is 9.23. The van der Waals surface area contributed by atoms with E-state index in [9.17, 15) is 10.0 Å². The van der Waals surface area contributed by atoms with Gasteiger partial charge in [-0.15, -0.1) is 0 Å². The van der Waals surface area contributed by atoms with Crippen LogP contribution in [-0.4, -0.2) is 16.8 Å². The molecule has 1 amide bonds. The van der Waals surface area contributed by atoms with Gasteiger partial charge in [-0.25, -0.2) is 5.48 Å². The Kier molecular flexibility index (Phi) is 7.74. The highest BCUT2D eigenvalue weighted by Crippen LogP contribution is 2.25. The van der Waals surface area contributed by atoms with Gasteiger partial charge in [-0.1, -0.05) is 86.1 Å². The fourth-order valence-corrected chi connectivity index (χ4v) is 3.66. The fourth-order valence-electron chi connectivity index (χ4n) is 3.66. The minimum atomic E-state index is -0.370. The first-order valence-electron chi connectivity index (χ1n) is 10.7. The summed E-state index contributed by atoms with van der Waals surface area (Å²) in [5.74, 6) is -0.404. The van der Waals surface area contributed by atoms with Crippen LogP contribution in [0.2, 0.25) is 0 Å². The second kappa shape index (κ2) is 10.7. The predicted octanol–water partition coefficient (Wildman–Crippen LogP) is 6.34. The van der Waals surface area contributed by atoms with Crippen LogP contribution in [0.25, 0.3) is 11.1 Å². The Morgan fingerprint density at radius 3 is 2.03 bits per heavy atom. The third kappa shape index (κ3) is 6.37. The number of hydrogen-bond donors (Lipinski definition) is 2. The molecule has 4 heteroatoms. The molecular formula is C27H30N2O2. The molecule has 3 aromatic carbocycles. The Morgan fingerprint density at radius 2 is 1.48 bits per heavy atom. The van der Waals surface area contributed by atoms with E-state index in [1.54, 1.807) is 0 Å². The van der Waals surface area contributed by atoms with E-state index < -0.39 is 0 Å². The van der Waals surface area contributed by atoms with Crippen LogP contribution in [-0.2, 0) is 4.79 Å². The summed E-state index contributed by atoms with van der Waals surface area (Å²) in [6.45, 7) is 6.22. The molecule has 3 aromatic rings. The molecule has 2 N–H and O–H groups in total. The highest BCUT2D eigenvalue weighted by Gasteiger charge is 2.22. The first kappa shape index (κ1) is 22.4. The maximum absolute atomic E-state index is 12.3. The lowest BCUT2D eigenvalue weighted by atomic mass is 9.89. The van der Waals surface area contributed by atoms with Crippen molar-refractivity contribution in [3.05, 3.63) is 90.0 Å². The SMILES string of the molecule is Cc1ccc(-c2ccc(C(CC(CC(C)C)C(=O)NO)=Nc3ccccc3)cc2)cc1. The molecule has 160 valence electrons. The third-order valence-electron chi connectivity index (χ3n) is 5.30. The number of carbonyl (C=O) groups is 1. The van der Waals surface area contributed by atoms with Crippen LogP contribution in [0.3, 0.4) is 0 Å². The average Bonchev–Trinajstić information content (AvgIpc) is 2.78. The number of carbonyl (C=O) groups excluding carboxylic acids is 1. The summed E-state index contributed by atoms with van der Waals surface area (Å²) < 4.78 is 0. The lowest BCUT2D eigenvalue weighted by Gasteiger charge is -2.18. The van der Waals surface area contributed by atoms with Gasteiger partial charge in [-0.3, -0.25) is 15.0 Å². The van der Waals surface area contributed by atoms with E-state index in [0.29, 0.717) is 18.8 Å². The number of aryl methyl sites for hydroxylation is 1. The smallest absolute Gasteiger partial charge is 0.246 e. The number of amides is 1. The molecule has 0 heterocycles. The summed E-state index contributed by atoms with van der Waals surface area (Å²) in [6, 6.07) is 26.5.